The molecular formula is C37H47N3O3. The Balaban J connectivity index is 1.39. The molecule has 0 radical (unpaired) electrons. The second-order valence-corrected chi connectivity index (χ2v) is 12.4. The monoisotopic (exact) mass is 581 g/mol. The molecule has 1 aromatic heterocycles. The predicted octanol–water partition coefficient (Wildman–Crippen LogP) is 8.51. The van der Waals surface area contributed by atoms with Crippen molar-refractivity contribution in [2.24, 2.45) is 0 Å². The highest BCUT2D eigenvalue weighted by atomic mass is 16.5. The minimum atomic E-state index is -0.154. The molecule has 0 saturated heterocycles. The summed E-state index contributed by atoms with van der Waals surface area (Å²) >= 11 is 0. The molecule has 43 heavy (non-hydrogen) atoms. The molecule has 6 heteroatoms. The zero-order valence-electron chi connectivity index (χ0n) is 26.9. The van der Waals surface area contributed by atoms with Crippen LogP contribution in [0.1, 0.15) is 88.8 Å². The van der Waals surface area contributed by atoms with Crippen LogP contribution >= 0.6 is 0 Å². The Kier molecular flexibility index (Phi) is 10.3. The second kappa shape index (κ2) is 13.9. The fraction of sp³-hybridized carbons (Fsp3) is 0.405. The van der Waals surface area contributed by atoms with Gasteiger partial charge in [-0.3, -0.25) is 4.79 Å². The van der Waals surface area contributed by atoms with Gasteiger partial charge in [-0.2, -0.15) is 5.10 Å². The third kappa shape index (κ3) is 7.67. The largest absolute Gasteiger partial charge is 0.497 e. The Morgan fingerprint density at radius 1 is 0.860 bits per heavy atom. The number of nitrogens with zero attached hydrogens (tertiary/aromatic N) is 2. The number of amides is 1. The number of carbonyl (C=O) groups is 1. The molecule has 0 atom stereocenters. The lowest BCUT2D eigenvalue weighted by atomic mass is 9.76. The topological polar surface area (TPSA) is 65.4 Å². The highest BCUT2D eigenvalue weighted by Gasteiger charge is 2.26. The maximum atomic E-state index is 13.3. The summed E-state index contributed by atoms with van der Waals surface area (Å²) in [7, 11) is 1.64. The number of hydrogen-bond acceptors (Lipinski definition) is 4. The lowest BCUT2D eigenvalue weighted by molar-refractivity contribution is 0.0944. The first-order valence-corrected chi connectivity index (χ1v) is 15.5. The summed E-state index contributed by atoms with van der Waals surface area (Å²) in [6.45, 7) is 14.8. The number of benzene rings is 3. The van der Waals surface area contributed by atoms with Crippen molar-refractivity contribution in [2.75, 3.05) is 20.3 Å². The van der Waals surface area contributed by atoms with Crippen LogP contribution < -0.4 is 14.8 Å². The fourth-order valence-electron chi connectivity index (χ4n) is 4.91. The van der Waals surface area contributed by atoms with Gasteiger partial charge < -0.3 is 14.8 Å². The van der Waals surface area contributed by atoms with E-state index in [2.05, 4.69) is 65.1 Å². The van der Waals surface area contributed by atoms with Crippen LogP contribution in [0.5, 0.6) is 11.5 Å². The first kappa shape index (κ1) is 31.9. The van der Waals surface area contributed by atoms with E-state index in [1.54, 1.807) is 11.8 Å². The van der Waals surface area contributed by atoms with Crippen molar-refractivity contribution in [1.82, 2.24) is 15.1 Å². The Labute approximate surface area is 257 Å². The fourth-order valence-corrected chi connectivity index (χ4v) is 4.91. The van der Waals surface area contributed by atoms with E-state index in [9.17, 15) is 4.79 Å². The van der Waals surface area contributed by atoms with Crippen LogP contribution in [0.2, 0.25) is 0 Å². The average Bonchev–Trinajstić information content (AvgIpc) is 3.49. The van der Waals surface area contributed by atoms with Crippen LogP contribution in [0.15, 0.2) is 78.9 Å². The zero-order valence-corrected chi connectivity index (χ0v) is 26.9. The van der Waals surface area contributed by atoms with Gasteiger partial charge in [-0.15, -0.1) is 0 Å². The van der Waals surface area contributed by atoms with Crippen molar-refractivity contribution >= 4 is 5.91 Å². The molecule has 0 spiro atoms. The first-order valence-electron chi connectivity index (χ1n) is 15.5. The van der Waals surface area contributed by atoms with Crippen LogP contribution in [0.25, 0.3) is 16.9 Å². The lowest BCUT2D eigenvalue weighted by Crippen LogP contribution is -2.27. The molecule has 0 fully saturated rings. The highest BCUT2D eigenvalue weighted by molar-refractivity contribution is 5.94. The van der Waals surface area contributed by atoms with Gasteiger partial charge in [0.05, 0.1) is 25.1 Å². The molecule has 1 heterocycles. The molecule has 0 saturated carbocycles. The van der Waals surface area contributed by atoms with Crippen molar-refractivity contribution in [2.45, 2.75) is 78.1 Å². The molecule has 0 aliphatic rings. The van der Waals surface area contributed by atoms with Crippen molar-refractivity contribution in [3.8, 4) is 28.4 Å². The van der Waals surface area contributed by atoms with Gasteiger partial charge in [0.1, 0.15) is 17.2 Å². The Bertz CT molecular complexity index is 1490. The first-order chi connectivity index (χ1) is 20.6. The molecule has 228 valence electrons. The summed E-state index contributed by atoms with van der Waals surface area (Å²) in [4.78, 5) is 13.3. The van der Waals surface area contributed by atoms with Crippen LogP contribution in [0.4, 0.5) is 0 Å². The number of methoxy groups -OCH3 is 1. The number of aromatic nitrogens is 2. The van der Waals surface area contributed by atoms with E-state index in [1.807, 2.05) is 60.7 Å². The number of para-hydroxylation sites is 1. The molecule has 4 rings (SSSR count). The summed E-state index contributed by atoms with van der Waals surface area (Å²) in [5.74, 6) is 1.58. The molecule has 0 bridgehead atoms. The molecule has 1 N–H and O–H groups in total. The third-order valence-corrected chi connectivity index (χ3v) is 8.70. The van der Waals surface area contributed by atoms with E-state index in [4.69, 9.17) is 14.6 Å². The maximum Gasteiger partial charge on any atom is 0.270 e. The molecule has 3 aromatic carbocycles. The number of rotatable bonds is 14. The Hall–Kier alpha value is -4.06. The van der Waals surface area contributed by atoms with Crippen molar-refractivity contribution in [1.29, 1.82) is 0 Å². The van der Waals surface area contributed by atoms with E-state index in [1.165, 1.54) is 11.1 Å². The minimum absolute atomic E-state index is 0.0233. The quantitative estimate of drug-likeness (QED) is 0.152. The van der Waals surface area contributed by atoms with Crippen molar-refractivity contribution < 1.29 is 14.3 Å². The predicted molar refractivity (Wildman–Crippen MR) is 176 cm³/mol. The van der Waals surface area contributed by atoms with Gasteiger partial charge in [0.25, 0.3) is 5.91 Å². The van der Waals surface area contributed by atoms with Gasteiger partial charge in [-0.25, -0.2) is 4.68 Å². The van der Waals surface area contributed by atoms with E-state index in [0.29, 0.717) is 18.8 Å². The lowest BCUT2D eigenvalue weighted by Gasteiger charge is -2.30. The number of nitrogens with one attached hydrogen (secondary N) is 1. The van der Waals surface area contributed by atoms with Gasteiger partial charge >= 0.3 is 0 Å². The molecule has 0 aliphatic carbocycles. The summed E-state index contributed by atoms with van der Waals surface area (Å²) in [6, 6.07) is 26.0. The van der Waals surface area contributed by atoms with E-state index in [0.717, 1.165) is 54.1 Å². The van der Waals surface area contributed by atoms with E-state index in [-0.39, 0.29) is 16.7 Å². The van der Waals surface area contributed by atoms with Gasteiger partial charge in [-0.1, -0.05) is 71.9 Å². The summed E-state index contributed by atoms with van der Waals surface area (Å²) < 4.78 is 13.3. The van der Waals surface area contributed by atoms with E-state index >= 15 is 0 Å². The summed E-state index contributed by atoms with van der Waals surface area (Å²) in [5, 5.41) is 7.87. The zero-order chi connectivity index (χ0) is 31.0. The number of hydrogen-bond donors (Lipinski definition) is 1. The second-order valence-electron chi connectivity index (χ2n) is 12.4. The Morgan fingerprint density at radius 3 is 2.21 bits per heavy atom. The molecule has 0 aliphatic heterocycles. The summed E-state index contributed by atoms with van der Waals surface area (Å²) in [5.41, 5.74) is 5.74. The number of ether oxygens (including phenoxy) is 2. The van der Waals surface area contributed by atoms with Gasteiger partial charge in [-0.05, 0) is 90.6 Å². The highest BCUT2D eigenvalue weighted by Crippen LogP contribution is 2.38. The number of unbranched alkanes of at least 4 members (excludes halogenated alkanes) is 1. The van der Waals surface area contributed by atoms with Crippen molar-refractivity contribution in [3.63, 3.8) is 0 Å². The molecule has 1 amide bonds. The van der Waals surface area contributed by atoms with Gasteiger partial charge in [0, 0.05) is 17.7 Å². The SMILES string of the molecule is CCC(C)(C)c1ccc(OCCCCNC(=O)c2cc(-c3ccc(OC)cc3)nn2-c2ccccc2)c(C(C)(C)CC)c1. The maximum absolute atomic E-state index is 13.3. The molecule has 0 unspecified atom stereocenters. The smallest absolute Gasteiger partial charge is 0.270 e. The minimum Gasteiger partial charge on any atom is -0.497 e. The standard InChI is InChI=1S/C37H47N3O3/c1-8-36(3,4)28-19-22-34(31(25-28)37(5,6)9-2)43-24-14-13-23-38-35(41)33-26-32(27-17-20-30(42-7)21-18-27)39-40(33)29-15-11-10-12-16-29/h10-12,15-22,25-26H,8-9,13-14,23-24H2,1-7H3,(H,38,41). The van der Waals surface area contributed by atoms with Crippen LogP contribution in [0.3, 0.4) is 0 Å². The van der Waals surface area contributed by atoms with Crippen LogP contribution in [-0.4, -0.2) is 35.9 Å². The third-order valence-electron chi connectivity index (χ3n) is 8.70. The van der Waals surface area contributed by atoms with Crippen LogP contribution in [0, 0.1) is 0 Å². The van der Waals surface area contributed by atoms with Gasteiger partial charge in [0.15, 0.2) is 0 Å². The summed E-state index contributed by atoms with van der Waals surface area (Å²) in [6.07, 6.45) is 3.76. The van der Waals surface area contributed by atoms with Crippen molar-refractivity contribution in [3.05, 3.63) is 95.7 Å². The molecule has 6 nitrogen and oxygen atoms in total. The number of carbonyl (C=O) groups excluding carboxylic acids is 1. The molecule has 4 aromatic rings. The van der Waals surface area contributed by atoms with Crippen LogP contribution in [-0.2, 0) is 10.8 Å². The van der Waals surface area contributed by atoms with E-state index < -0.39 is 0 Å². The van der Waals surface area contributed by atoms with Gasteiger partial charge in [0.2, 0.25) is 0 Å². The Morgan fingerprint density at radius 2 is 1.56 bits per heavy atom. The normalized spacial score (nSPS) is 11.8. The molecular weight excluding hydrogens is 534 g/mol. The average molecular weight is 582 g/mol.